The lowest BCUT2D eigenvalue weighted by Crippen LogP contribution is -1.94. The first-order chi connectivity index (χ1) is 8.00. The number of benzene rings is 1. The van der Waals surface area contributed by atoms with E-state index in [1.165, 1.54) is 12.1 Å². The van der Waals surface area contributed by atoms with Crippen molar-refractivity contribution in [1.29, 1.82) is 0 Å². The summed E-state index contributed by atoms with van der Waals surface area (Å²) in [4.78, 5) is 10.6. The number of nitrogens with zero attached hydrogens (tertiary/aromatic N) is 1. The van der Waals surface area contributed by atoms with Crippen LogP contribution in [0.1, 0.15) is 10.5 Å². The number of rotatable bonds is 2. The Labute approximate surface area is 108 Å². The van der Waals surface area contributed by atoms with Crippen molar-refractivity contribution in [2.75, 3.05) is 0 Å². The van der Waals surface area contributed by atoms with Gasteiger partial charge in [0, 0.05) is 10.5 Å². The maximum Gasteiger partial charge on any atom is 0.358 e. The standard InChI is InChI=1S/C10H4BrClFNO3/c11-4-1-2-5(13)8(9(4)12)7-3-6(10(15)16)14-17-7/h1-3H,(H,15,16). The second-order valence-electron chi connectivity index (χ2n) is 3.10. The summed E-state index contributed by atoms with van der Waals surface area (Å²) in [6.07, 6.45) is 0. The molecule has 2 aromatic rings. The Morgan fingerprint density at radius 1 is 1.53 bits per heavy atom. The predicted octanol–water partition coefficient (Wildman–Crippen LogP) is 3.59. The second-order valence-corrected chi connectivity index (χ2v) is 4.33. The number of halogens is 3. The van der Waals surface area contributed by atoms with Crippen LogP contribution in [-0.4, -0.2) is 16.2 Å². The molecule has 2 rings (SSSR count). The molecule has 0 bridgehead atoms. The summed E-state index contributed by atoms with van der Waals surface area (Å²) < 4.78 is 18.8. The van der Waals surface area contributed by atoms with Crippen molar-refractivity contribution >= 4 is 33.5 Å². The number of aromatic carboxylic acids is 1. The largest absolute Gasteiger partial charge is 0.476 e. The van der Waals surface area contributed by atoms with Gasteiger partial charge in [-0.2, -0.15) is 0 Å². The lowest BCUT2D eigenvalue weighted by molar-refractivity contribution is 0.0686. The fourth-order valence-electron chi connectivity index (χ4n) is 1.25. The van der Waals surface area contributed by atoms with Gasteiger partial charge in [0.2, 0.25) is 0 Å². The molecule has 1 aromatic heterocycles. The molecule has 0 spiro atoms. The van der Waals surface area contributed by atoms with Gasteiger partial charge < -0.3 is 9.63 Å². The van der Waals surface area contributed by atoms with Crippen LogP contribution in [0.15, 0.2) is 27.2 Å². The minimum absolute atomic E-state index is 0.0268. The number of carbonyl (C=O) groups is 1. The molecule has 0 fully saturated rings. The van der Waals surface area contributed by atoms with Crippen molar-refractivity contribution in [3.63, 3.8) is 0 Å². The fraction of sp³-hybridized carbons (Fsp3) is 0. The Morgan fingerprint density at radius 3 is 2.82 bits per heavy atom. The maximum atomic E-state index is 13.6. The lowest BCUT2D eigenvalue weighted by atomic mass is 10.1. The van der Waals surface area contributed by atoms with Gasteiger partial charge in [0.15, 0.2) is 11.5 Å². The van der Waals surface area contributed by atoms with E-state index in [2.05, 4.69) is 21.1 Å². The molecule has 88 valence electrons. The summed E-state index contributed by atoms with van der Waals surface area (Å²) >= 11 is 9.04. The van der Waals surface area contributed by atoms with Crippen LogP contribution >= 0.6 is 27.5 Å². The van der Waals surface area contributed by atoms with Gasteiger partial charge in [0.1, 0.15) is 5.82 Å². The van der Waals surface area contributed by atoms with Crippen LogP contribution in [0.5, 0.6) is 0 Å². The SMILES string of the molecule is O=C(O)c1cc(-c2c(F)ccc(Br)c2Cl)on1. The number of aromatic nitrogens is 1. The van der Waals surface area contributed by atoms with Crippen molar-refractivity contribution in [2.45, 2.75) is 0 Å². The zero-order valence-corrected chi connectivity index (χ0v) is 10.4. The molecule has 1 heterocycles. The molecular formula is C10H4BrClFNO3. The van der Waals surface area contributed by atoms with Gasteiger partial charge in [-0.05, 0) is 28.1 Å². The quantitative estimate of drug-likeness (QED) is 0.859. The molecular weight excluding hydrogens is 316 g/mol. The fourth-order valence-corrected chi connectivity index (χ4v) is 1.82. The van der Waals surface area contributed by atoms with E-state index in [0.29, 0.717) is 4.47 Å². The Hall–Kier alpha value is -1.40. The number of carboxylic acids is 1. The summed E-state index contributed by atoms with van der Waals surface area (Å²) in [7, 11) is 0. The van der Waals surface area contributed by atoms with Crippen LogP contribution in [0.3, 0.4) is 0 Å². The molecule has 0 atom stereocenters. The first-order valence-electron chi connectivity index (χ1n) is 4.34. The molecule has 0 amide bonds. The van der Waals surface area contributed by atoms with E-state index in [0.717, 1.165) is 6.07 Å². The molecule has 0 saturated carbocycles. The average Bonchev–Trinajstić information content (AvgIpc) is 2.73. The van der Waals surface area contributed by atoms with Crippen LogP contribution in [0, 0.1) is 5.82 Å². The third-order valence-electron chi connectivity index (χ3n) is 2.02. The van der Waals surface area contributed by atoms with E-state index in [1.807, 2.05) is 0 Å². The van der Waals surface area contributed by atoms with E-state index in [4.69, 9.17) is 21.2 Å². The molecule has 0 radical (unpaired) electrons. The van der Waals surface area contributed by atoms with Gasteiger partial charge in [-0.1, -0.05) is 16.8 Å². The van der Waals surface area contributed by atoms with E-state index >= 15 is 0 Å². The summed E-state index contributed by atoms with van der Waals surface area (Å²) in [5, 5.41) is 12.1. The Balaban J connectivity index is 2.60. The van der Waals surface area contributed by atoms with Crippen molar-refractivity contribution in [3.8, 4) is 11.3 Å². The average molecular weight is 321 g/mol. The maximum absolute atomic E-state index is 13.6. The first kappa shape index (κ1) is 12.1. The molecule has 0 unspecified atom stereocenters. The third kappa shape index (κ3) is 2.18. The van der Waals surface area contributed by atoms with Crippen LogP contribution in [0.2, 0.25) is 5.02 Å². The highest BCUT2D eigenvalue weighted by Crippen LogP contribution is 2.36. The van der Waals surface area contributed by atoms with Gasteiger partial charge in [-0.3, -0.25) is 0 Å². The number of hydrogen-bond donors (Lipinski definition) is 1. The summed E-state index contributed by atoms with van der Waals surface area (Å²) in [6.45, 7) is 0. The van der Waals surface area contributed by atoms with Gasteiger partial charge in [-0.15, -0.1) is 0 Å². The molecule has 0 aliphatic carbocycles. The van der Waals surface area contributed by atoms with Crippen LogP contribution in [-0.2, 0) is 0 Å². The zero-order chi connectivity index (χ0) is 12.6. The second kappa shape index (κ2) is 4.46. The predicted molar refractivity (Wildman–Crippen MR) is 61.6 cm³/mol. The van der Waals surface area contributed by atoms with Gasteiger partial charge in [-0.25, -0.2) is 9.18 Å². The minimum atomic E-state index is -1.26. The van der Waals surface area contributed by atoms with Crippen molar-refractivity contribution < 1.29 is 18.8 Å². The monoisotopic (exact) mass is 319 g/mol. The highest BCUT2D eigenvalue weighted by Gasteiger charge is 2.19. The van der Waals surface area contributed by atoms with Gasteiger partial charge in [0.25, 0.3) is 0 Å². The number of hydrogen-bond acceptors (Lipinski definition) is 3. The molecule has 4 nitrogen and oxygen atoms in total. The smallest absolute Gasteiger partial charge is 0.358 e. The van der Waals surface area contributed by atoms with E-state index < -0.39 is 11.8 Å². The molecule has 1 N–H and O–H groups in total. The Morgan fingerprint density at radius 2 is 2.24 bits per heavy atom. The van der Waals surface area contributed by atoms with Crippen molar-refractivity contribution in [3.05, 3.63) is 39.2 Å². The van der Waals surface area contributed by atoms with Gasteiger partial charge >= 0.3 is 5.97 Å². The van der Waals surface area contributed by atoms with Gasteiger partial charge in [0.05, 0.1) is 10.6 Å². The molecule has 7 heteroatoms. The van der Waals surface area contributed by atoms with Crippen molar-refractivity contribution in [1.82, 2.24) is 5.16 Å². The molecule has 0 saturated heterocycles. The van der Waals surface area contributed by atoms with E-state index in [9.17, 15) is 9.18 Å². The lowest BCUT2D eigenvalue weighted by Gasteiger charge is -2.03. The normalized spacial score (nSPS) is 10.5. The summed E-state index contributed by atoms with van der Waals surface area (Å²) in [5.74, 6) is -1.91. The number of carboxylic acid groups (broad SMARTS) is 1. The highest BCUT2D eigenvalue weighted by molar-refractivity contribution is 9.10. The van der Waals surface area contributed by atoms with Crippen LogP contribution in [0.4, 0.5) is 4.39 Å². The van der Waals surface area contributed by atoms with Crippen LogP contribution < -0.4 is 0 Å². The van der Waals surface area contributed by atoms with Crippen LogP contribution in [0.25, 0.3) is 11.3 Å². The van der Waals surface area contributed by atoms with Crippen molar-refractivity contribution in [2.24, 2.45) is 0 Å². The topological polar surface area (TPSA) is 63.3 Å². The molecule has 17 heavy (non-hydrogen) atoms. The van der Waals surface area contributed by atoms with E-state index in [1.54, 1.807) is 0 Å². The summed E-state index contributed by atoms with van der Waals surface area (Å²) in [5.41, 5.74) is -0.337. The Kier molecular flexibility index (Phi) is 3.17. The van der Waals surface area contributed by atoms with E-state index in [-0.39, 0.29) is 22.0 Å². The zero-order valence-electron chi connectivity index (χ0n) is 8.08. The third-order valence-corrected chi connectivity index (χ3v) is 3.30. The minimum Gasteiger partial charge on any atom is -0.476 e. The molecule has 0 aliphatic heterocycles. The first-order valence-corrected chi connectivity index (χ1v) is 5.51. The summed E-state index contributed by atoms with van der Waals surface area (Å²) in [6, 6.07) is 3.74. The molecule has 1 aromatic carbocycles. The highest BCUT2D eigenvalue weighted by atomic mass is 79.9. The molecule has 0 aliphatic rings. The Bertz CT molecular complexity index is 599.